The summed E-state index contributed by atoms with van der Waals surface area (Å²) < 4.78 is 37.6. The number of amidine groups is 1. The van der Waals surface area contributed by atoms with Gasteiger partial charge in [0.05, 0.1) is 16.9 Å². The van der Waals surface area contributed by atoms with Crippen LogP contribution >= 0.6 is 11.3 Å². The number of nitrogens with one attached hydrogen (secondary N) is 3. The van der Waals surface area contributed by atoms with Crippen molar-refractivity contribution in [3.8, 4) is 5.75 Å². The first kappa shape index (κ1) is 25.7. The summed E-state index contributed by atoms with van der Waals surface area (Å²) in [5.41, 5.74) is 6.56. The molecule has 0 aliphatic heterocycles. The quantitative estimate of drug-likeness (QED) is 0.195. The summed E-state index contributed by atoms with van der Waals surface area (Å²) in [5.74, 6) is -0.106. The summed E-state index contributed by atoms with van der Waals surface area (Å²) in [4.78, 5) is 25.0. The second-order valence-electron chi connectivity index (χ2n) is 7.71. The molecule has 5 N–H and O–H groups in total. The third-order valence-corrected chi connectivity index (χ3v) is 7.67. The molecule has 0 spiro atoms. The van der Waals surface area contributed by atoms with Gasteiger partial charge in [-0.25, -0.2) is 17.9 Å². The molecule has 0 aliphatic rings. The minimum atomic E-state index is -4.13. The lowest BCUT2D eigenvalue weighted by molar-refractivity contribution is -0.123. The Bertz CT molecular complexity index is 1570. The van der Waals surface area contributed by atoms with E-state index >= 15 is 0 Å². The molecule has 2 amide bonds. The number of hydrogen-bond acceptors (Lipinski definition) is 8. The van der Waals surface area contributed by atoms with Crippen molar-refractivity contribution < 1.29 is 27.5 Å². The molecule has 0 saturated heterocycles. The maximum atomic E-state index is 13.4. The van der Waals surface area contributed by atoms with Gasteiger partial charge in [-0.15, -0.1) is 11.3 Å². The van der Waals surface area contributed by atoms with E-state index in [9.17, 15) is 18.0 Å². The monoisotopic (exact) mass is 538 g/mol. The van der Waals surface area contributed by atoms with Crippen LogP contribution in [0.3, 0.4) is 0 Å². The number of ether oxygens (including phenoxy) is 2. The van der Waals surface area contributed by atoms with E-state index in [4.69, 9.17) is 15.9 Å². The Balaban J connectivity index is 1.60. The zero-order valence-corrected chi connectivity index (χ0v) is 21.1. The molecule has 37 heavy (non-hydrogen) atoms. The fraction of sp³-hybridized carbons (Fsp3) is 0.0800. The zero-order valence-electron chi connectivity index (χ0n) is 19.4. The molecule has 12 heteroatoms. The molecule has 0 saturated carbocycles. The van der Waals surface area contributed by atoms with Crippen molar-refractivity contribution in [3.05, 3.63) is 89.3 Å². The lowest BCUT2D eigenvalue weighted by atomic mass is 10.1. The van der Waals surface area contributed by atoms with Crippen molar-refractivity contribution in [2.45, 2.75) is 11.0 Å². The van der Waals surface area contributed by atoms with E-state index in [1.54, 1.807) is 47.2 Å². The number of hydrogen-bond donors (Lipinski definition) is 4. The average Bonchev–Trinajstić information content (AvgIpc) is 3.33. The minimum Gasteiger partial charge on any atom is -0.475 e. The van der Waals surface area contributed by atoms with Crippen molar-refractivity contribution in [2.24, 2.45) is 5.73 Å². The molecule has 10 nitrogen and oxygen atoms in total. The van der Waals surface area contributed by atoms with Crippen molar-refractivity contribution in [1.29, 1.82) is 5.41 Å². The zero-order chi connectivity index (χ0) is 26.6. The first-order valence-corrected chi connectivity index (χ1v) is 13.1. The second-order valence-corrected chi connectivity index (χ2v) is 10.5. The van der Waals surface area contributed by atoms with Crippen LogP contribution in [0.1, 0.15) is 16.5 Å². The van der Waals surface area contributed by atoms with E-state index in [0.717, 1.165) is 17.2 Å². The van der Waals surface area contributed by atoms with E-state index in [-0.39, 0.29) is 10.7 Å². The van der Waals surface area contributed by atoms with Crippen LogP contribution in [0.4, 0.5) is 10.5 Å². The second kappa shape index (κ2) is 10.7. The summed E-state index contributed by atoms with van der Waals surface area (Å²) in [5, 5.41) is 11.2. The van der Waals surface area contributed by atoms with Crippen LogP contribution in [0.25, 0.3) is 10.1 Å². The highest BCUT2D eigenvalue weighted by molar-refractivity contribution is 7.90. The van der Waals surface area contributed by atoms with Gasteiger partial charge in [-0.05, 0) is 42.5 Å². The molecule has 3 aromatic carbocycles. The van der Waals surface area contributed by atoms with Gasteiger partial charge in [0.25, 0.3) is 15.9 Å². The number of carbonyl (C=O) groups is 2. The number of benzene rings is 3. The lowest BCUT2D eigenvalue weighted by Crippen LogP contribution is -2.30. The highest BCUT2D eigenvalue weighted by Crippen LogP contribution is 2.35. The Morgan fingerprint density at radius 3 is 2.35 bits per heavy atom. The number of nitrogen functional groups attached to an aromatic ring is 1. The van der Waals surface area contributed by atoms with E-state index < -0.39 is 28.1 Å². The number of nitrogens with two attached hydrogens (primary N) is 1. The number of rotatable bonds is 8. The summed E-state index contributed by atoms with van der Waals surface area (Å²) in [6.07, 6.45) is -2.16. The van der Waals surface area contributed by atoms with Gasteiger partial charge < -0.3 is 20.5 Å². The standard InChI is InChI=1S/C25H22N4O6S2/c1-34-25(31)29-37(32,33)17-12-10-16(11-13-17)28-24(30)22(15-6-3-2-4-7-15)35-19-8-5-9-20-18(19)14-21(36-20)23(26)27/h2-14,22H,1H3,(H3,26,27)(H,28,30)(H,29,31). The Morgan fingerprint density at radius 1 is 1.00 bits per heavy atom. The minimum absolute atomic E-state index is 0.0586. The number of methoxy groups -OCH3 is 1. The van der Waals surface area contributed by atoms with Gasteiger partial charge in [-0.2, -0.15) is 0 Å². The predicted octanol–water partition coefficient (Wildman–Crippen LogP) is 3.99. The summed E-state index contributed by atoms with van der Waals surface area (Å²) in [6, 6.07) is 21.3. The van der Waals surface area contributed by atoms with Gasteiger partial charge in [0.2, 0.25) is 6.10 Å². The summed E-state index contributed by atoms with van der Waals surface area (Å²) in [7, 11) is -3.08. The van der Waals surface area contributed by atoms with Gasteiger partial charge in [-0.1, -0.05) is 36.4 Å². The Labute approximate surface area is 216 Å². The third-order valence-electron chi connectivity index (χ3n) is 5.21. The molecule has 190 valence electrons. The van der Waals surface area contributed by atoms with Gasteiger partial charge in [0.15, 0.2) is 0 Å². The fourth-order valence-electron chi connectivity index (χ4n) is 3.43. The first-order valence-electron chi connectivity index (χ1n) is 10.8. The molecule has 0 bridgehead atoms. The maximum absolute atomic E-state index is 13.4. The highest BCUT2D eigenvalue weighted by atomic mass is 32.2. The number of anilines is 1. The average molecular weight is 539 g/mol. The van der Waals surface area contributed by atoms with Crippen LogP contribution in [0.2, 0.25) is 0 Å². The van der Waals surface area contributed by atoms with Gasteiger partial charge >= 0.3 is 6.09 Å². The summed E-state index contributed by atoms with van der Waals surface area (Å²) in [6.45, 7) is 0. The van der Waals surface area contributed by atoms with Gasteiger partial charge in [0.1, 0.15) is 11.6 Å². The van der Waals surface area contributed by atoms with Crippen molar-refractivity contribution in [3.63, 3.8) is 0 Å². The van der Waals surface area contributed by atoms with E-state index in [0.29, 0.717) is 21.9 Å². The van der Waals surface area contributed by atoms with Crippen molar-refractivity contribution >= 4 is 55.0 Å². The van der Waals surface area contributed by atoms with Crippen molar-refractivity contribution in [1.82, 2.24) is 4.72 Å². The Hall–Kier alpha value is -4.42. The molecular formula is C25H22N4O6S2. The van der Waals surface area contributed by atoms with E-state index in [1.165, 1.54) is 35.6 Å². The molecule has 0 radical (unpaired) electrons. The normalized spacial score (nSPS) is 11.9. The maximum Gasteiger partial charge on any atom is 0.420 e. The van der Waals surface area contributed by atoms with Gasteiger partial charge in [0, 0.05) is 21.3 Å². The third kappa shape index (κ3) is 5.88. The van der Waals surface area contributed by atoms with E-state index in [2.05, 4.69) is 10.1 Å². The molecule has 4 rings (SSSR count). The number of sulfonamides is 1. The first-order chi connectivity index (χ1) is 17.7. The molecule has 0 fully saturated rings. The van der Waals surface area contributed by atoms with Crippen LogP contribution in [0.5, 0.6) is 5.75 Å². The van der Waals surface area contributed by atoms with E-state index in [1.807, 2.05) is 12.1 Å². The fourth-order valence-corrected chi connectivity index (χ4v) is 5.29. The molecule has 1 atom stereocenters. The number of carbonyl (C=O) groups excluding carboxylic acids is 2. The topological polar surface area (TPSA) is 161 Å². The predicted molar refractivity (Wildman–Crippen MR) is 140 cm³/mol. The number of fused-ring (bicyclic) bond motifs is 1. The smallest absolute Gasteiger partial charge is 0.420 e. The van der Waals surface area contributed by atoms with Crippen LogP contribution in [0, 0.1) is 5.41 Å². The summed E-state index contributed by atoms with van der Waals surface area (Å²) >= 11 is 1.35. The van der Waals surface area contributed by atoms with Crippen molar-refractivity contribution in [2.75, 3.05) is 12.4 Å². The highest BCUT2D eigenvalue weighted by Gasteiger charge is 2.25. The van der Waals surface area contributed by atoms with Crippen LogP contribution in [-0.2, 0) is 19.6 Å². The number of amides is 2. The molecule has 1 aromatic heterocycles. The molecule has 1 unspecified atom stereocenters. The van der Waals surface area contributed by atoms with Gasteiger partial charge in [-0.3, -0.25) is 10.2 Å². The molecule has 4 aromatic rings. The largest absolute Gasteiger partial charge is 0.475 e. The van der Waals surface area contributed by atoms with Crippen LogP contribution in [0.15, 0.2) is 83.8 Å². The van der Waals surface area contributed by atoms with Crippen LogP contribution in [-0.4, -0.2) is 33.4 Å². The number of thiophene rings is 1. The Kier molecular flexibility index (Phi) is 7.41. The van der Waals surface area contributed by atoms with Crippen LogP contribution < -0.4 is 20.5 Å². The molecular weight excluding hydrogens is 516 g/mol. The SMILES string of the molecule is COC(=O)NS(=O)(=O)c1ccc(NC(=O)C(Oc2cccc3sc(C(=N)N)cc23)c2ccccc2)cc1. The lowest BCUT2D eigenvalue weighted by Gasteiger charge is -2.20. The molecule has 1 heterocycles. The molecule has 0 aliphatic carbocycles. The Morgan fingerprint density at radius 2 is 1.70 bits per heavy atom.